The third-order valence-electron chi connectivity index (χ3n) is 5.34. The van der Waals surface area contributed by atoms with E-state index < -0.39 is 22.0 Å². The molecule has 4 rings (SSSR count). The van der Waals surface area contributed by atoms with Crippen molar-refractivity contribution in [2.45, 2.75) is 18.2 Å². The first-order valence-electron chi connectivity index (χ1n) is 10.3. The number of nitrogens with zero attached hydrogens (tertiary/aromatic N) is 2. The van der Waals surface area contributed by atoms with Crippen LogP contribution in [0.3, 0.4) is 0 Å². The number of anilines is 3. The molecule has 0 atom stereocenters. The van der Waals surface area contributed by atoms with Gasteiger partial charge in [0, 0.05) is 0 Å². The van der Waals surface area contributed by atoms with Gasteiger partial charge in [0.15, 0.2) is 0 Å². The number of ether oxygens (including phenoxy) is 1. The predicted octanol–water partition coefficient (Wildman–Crippen LogP) is 4.03. The average molecular weight is 466 g/mol. The fourth-order valence-electron chi connectivity index (χ4n) is 3.66. The van der Waals surface area contributed by atoms with Crippen LogP contribution in [-0.2, 0) is 21.2 Å². The van der Waals surface area contributed by atoms with Crippen molar-refractivity contribution in [3.63, 3.8) is 0 Å². The van der Waals surface area contributed by atoms with Crippen molar-refractivity contribution in [2.24, 2.45) is 0 Å². The molecular weight excluding hydrogens is 442 g/mol. The van der Waals surface area contributed by atoms with Crippen LogP contribution in [0.4, 0.5) is 21.9 Å². The molecule has 33 heavy (non-hydrogen) atoms. The van der Waals surface area contributed by atoms with E-state index >= 15 is 0 Å². The van der Waals surface area contributed by atoms with Gasteiger partial charge in [0.1, 0.15) is 17.2 Å². The summed E-state index contributed by atoms with van der Waals surface area (Å²) in [6, 6.07) is 18.9. The third kappa shape index (κ3) is 4.14. The summed E-state index contributed by atoms with van der Waals surface area (Å²) in [5.41, 5.74) is 1.82. The minimum Gasteiger partial charge on any atom is -0.495 e. The SMILES string of the molecule is CCc1ccc(N2C(=O)N(CC(=O)Nc3ccccc3OC)c3ccccc3S2(=O)=O)cc1. The van der Waals surface area contributed by atoms with Crippen molar-refractivity contribution >= 4 is 39.0 Å². The van der Waals surface area contributed by atoms with E-state index in [4.69, 9.17) is 4.74 Å². The minimum absolute atomic E-state index is 0.0470. The smallest absolute Gasteiger partial charge is 0.343 e. The van der Waals surface area contributed by atoms with Gasteiger partial charge < -0.3 is 10.1 Å². The van der Waals surface area contributed by atoms with Gasteiger partial charge >= 0.3 is 6.03 Å². The quantitative estimate of drug-likeness (QED) is 0.593. The van der Waals surface area contributed by atoms with Gasteiger partial charge in [-0.3, -0.25) is 9.69 Å². The molecule has 3 amide bonds. The van der Waals surface area contributed by atoms with Gasteiger partial charge in [-0.05, 0) is 48.4 Å². The number of fused-ring (bicyclic) bond motifs is 1. The number of hydrogen-bond donors (Lipinski definition) is 1. The second kappa shape index (κ2) is 8.95. The zero-order valence-electron chi connectivity index (χ0n) is 18.2. The van der Waals surface area contributed by atoms with Gasteiger partial charge in [0.25, 0.3) is 10.0 Å². The fraction of sp³-hybridized carbons (Fsp3) is 0.167. The summed E-state index contributed by atoms with van der Waals surface area (Å²) in [5, 5.41) is 2.72. The molecule has 3 aromatic carbocycles. The summed E-state index contributed by atoms with van der Waals surface area (Å²) in [6.45, 7) is 1.60. The van der Waals surface area contributed by atoms with Gasteiger partial charge in [-0.2, -0.15) is 4.31 Å². The largest absolute Gasteiger partial charge is 0.495 e. The van der Waals surface area contributed by atoms with E-state index in [9.17, 15) is 18.0 Å². The van der Waals surface area contributed by atoms with Crippen LogP contribution in [0.25, 0.3) is 0 Å². The number of amides is 3. The zero-order chi connectivity index (χ0) is 23.6. The molecule has 8 nitrogen and oxygen atoms in total. The molecule has 0 spiro atoms. The van der Waals surface area contributed by atoms with Crippen LogP contribution in [0, 0.1) is 0 Å². The highest BCUT2D eigenvalue weighted by atomic mass is 32.2. The van der Waals surface area contributed by atoms with Crippen LogP contribution in [0.5, 0.6) is 5.75 Å². The van der Waals surface area contributed by atoms with Crippen LogP contribution in [0.15, 0.2) is 77.7 Å². The number of sulfonamides is 1. The molecule has 0 saturated heterocycles. The maximum absolute atomic E-state index is 13.4. The first kappa shape index (κ1) is 22.3. The van der Waals surface area contributed by atoms with Crippen LogP contribution in [-0.4, -0.2) is 34.0 Å². The van der Waals surface area contributed by atoms with Crippen molar-refractivity contribution < 1.29 is 22.7 Å². The van der Waals surface area contributed by atoms with E-state index in [1.807, 2.05) is 6.92 Å². The average Bonchev–Trinajstić information content (AvgIpc) is 2.82. The highest BCUT2D eigenvalue weighted by Gasteiger charge is 2.43. The van der Waals surface area contributed by atoms with Crippen LogP contribution in [0.1, 0.15) is 12.5 Å². The summed E-state index contributed by atoms with van der Waals surface area (Å²) in [7, 11) is -2.66. The number of carbonyl (C=O) groups is 2. The molecule has 1 aliphatic heterocycles. The van der Waals surface area contributed by atoms with E-state index in [-0.39, 0.29) is 22.8 Å². The lowest BCUT2D eigenvalue weighted by molar-refractivity contribution is -0.114. The number of para-hydroxylation sites is 3. The minimum atomic E-state index is -4.15. The molecule has 0 fully saturated rings. The Bertz CT molecular complexity index is 1310. The van der Waals surface area contributed by atoms with Crippen LogP contribution >= 0.6 is 0 Å². The predicted molar refractivity (Wildman–Crippen MR) is 126 cm³/mol. The summed E-state index contributed by atoms with van der Waals surface area (Å²) >= 11 is 0. The molecule has 0 aliphatic carbocycles. The van der Waals surface area contributed by atoms with Crippen molar-refractivity contribution in [1.82, 2.24) is 0 Å². The Labute approximate surface area is 192 Å². The Kier molecular flexibility index (Phi) is 6.06. The Morgan fingerprint density at radius 2 is 1.64 bits per heavy atom. The highest BCUT2D eigenvalue weighted by molar-refractivity contribution is 7.94. The molecule has 0 aromatic heterocycles. The normalized spacial score (nSPS) is 14.5. The maximum atomic E-state index is 13.4. The zero-order valence-corrected chi connectivity index (χ0v) is 19.0. The molecule has 0 saturated carbocycles. The summed E-state index contributed by atoms with van der Waals surface area (Å²) in [6.07, 6.45) is 0.777. The van der Waals surface area contributed by atoms with E-state index in [1.165, 1.54) is 19.2 Å². The Morgan fingerprint density at radius 3 is 2.33 bits per heavy atom. The van der Waals surface area contributed by atoms with Crippen LogP contribution < -0.4 is 19.3 Å². The lowest BCUT2D eigenvalue weighted by Crippen LogP contribution is -2.53. The lowest BCUT2D eigenvalue weighted by Gasteiger charge is -2.35. The van der Waals surface area contributed by atoms with Gasteiger partial charge in [-0.1, -0.05) is 43.3 Å². The Morgan fingerprint density at radius 1 is 0.970 bits per heavy atom. The van der Waals surface area contributed by atoms with E-state index in [0.717, 1.165) is 21.2 Å². The molecule has 9 heteroatoms. The molecular formula is C24H23N3O5S. The van der Waals surface area contributed by atoms with E-state index in [2.05, 4.69) is 5.32 Å². The summed E-state index contributed by atoms with van der Waals surface area (Å²) in [5.74, 6) is -0.0281. The number of methoxy groups -OCH3 is 1. The van der Waals surface area contributed by atoms with Crippen molar-refractivity contribution in [1.29, 1.82) is 0 Å². The molecule has 170 valence electrons. The number of nitrogens with one attached hydrogen (secondary N) is 1. The second-order valence-corrected chi connectivity index (χ2v) is 9.13. The van der Waals surface area contributed by atoms with Gasteiger partial charge in [-0.15, -0.1) is 0 Å². The van der Waals surface area contributed by atoms with Crippen molar-refractivity contribution in [2.75, 3.05) is 28.2 Å². The standard InChI is InChI=1S/C24H23N3O5S/c1-3-17-12-14-18(15-13-17)27-24(29)26(20-9-5-7-11-22(20)33(27,30)31)16-23(28)25-19-8-4-6-10-21(19)32-2/h4-15H,3,16H2,1-2H3,(H,25,28). The molecule has 0 unspecified atom stereocenters. The second-order valence-electron chi connectivity index (χ2n) is 7.37. The molecule has 1 N–H and O–H groups in total. The summed E-state index contributed by atoms with van der Waals surface area (Å²) in [4.78, 5) is 27.4. The van der Waals surface area contributed by atoms with Gasteiger partial charge in [-0.25, -0.2) is 13.2 Å². The van der Waals surface area contributed by atoms with Gasteiger partial charge in [0.05, 0.1) is 24.2 Å². The monoisotopic (exact) mass is 465 g/mol. The molecule has 0 radical (unpaired) electrons. The van der Waals surface area contributed by atoms with E-state index in [0.29, 0.717) is 11.4 Å². The summed E-state index contributed by atoms with van der Waals surface area (Å²) < 4.78 is 32.7. The number of benzene rings is 3. The lowest BCUT2D eigenvalue weighted by atomic mass is 10.1. The fourth-order valence-corrected chi connectivity index (χ4v) is 5.26. The maximum Gasteiger partial charge on any atom is 0.343 e. The van der Waals surface area contributed by atoms with Gasteiger partial charge in [0.2, 0.25) is 5.91 Å². The van der Waals surface area contributed by atoms with E-state index in [1.54, 1.807) is 60.7 Å². The first-order chi connectivity index (χ1) is 15.9. The molecule has 1 heterocycles. The van der Waals surface area contributed by atoms with Crippen molar-refractivity contribution in [3.05, 3.63) is 78.4 Å². The number of carbonyl (C=O) groups excluding carboxylic acids is 2. The molecule has 3 aromatic rings. The molecule has 0 bridgehead atoms. The topological polar surface area (TPSA) is 96.0 Å². The third-order valence-corrected chi connectivity index (χ3v) is 7.09. The number of urea groups is 1. The van der Waals surface area contributed by atoms with Crippen molar-refractivity contribution in [3.8, 4) is 5.75 Å². The number of rotatable bonds is 6. The number of hydrogen-bond acceptors (Lipinski definition) is 5. The Balaban J connectivity index is 1.71. The molecule has 1 aliphatic rings. The van der Waals surface area contributed by atoms with Crippen LogP contribution in [0.2, 0.25) is 0 Å². The Hall–Kier alpha value is -3.85. The number of aryl methyl sites for hydroxylation is 1. The first-order valence-corrected chi connectivity index (χ1v) is 11.8. The highest BCUT2D eigenvalue weighted by Crippen LogP contribution is 2.37.